The minimum Gasteiger partial charge on any atom is -0.313 e. The van der Waals surface area contributed by atoms with Gasteiger partial charge in [0, 0.05) is 11.3 Å². The molecular formula is C12H23NS. The Hall–Kier alpha value is 0.310. The van der Waals surface area contributed by atoms with Crippen LogP contribution in [0.25, 0.3) is 0 Å². The largest absolute Gasteiger partial charge is 0.313 e. The number of thioether (sulfide) groups is 1. The van der Waals surface area contributed by atoms with Crippen LogP contribution in [0.4, 0.5) is 0 Å². The molecule has 0 aliphatic heterocycles. The number of rotatable bonds is 5. The van der Waals surface area contributed by atoms with Gasteiger partial charge in [-0.3, -0.25) is 0 Å². The van der Waals surface area contributed by atoms with Gasteiger partial charge in [0.15, 0.2) is 0 Å². The van der Waals surface area contributed by atoms with E-state index in [0.29, 0.717) is 0 Å². The van der Waals surface area contributed by atoms with E-state index in [1.165, 1.54) is 51.5 Å². The van der Waals surface area contributed by atoms with Crippen molar-refractivity contribution >= 4 is 11.8 Å². The third-order valence-electron chi connectivity index (χ3n) is 3.66. The monoisotopic (exact) mass is 213 g/mol. The van der Waals surface area contributed by atoms with Crippen LogP contribution in [0.2, 0.25) is 0 Å². The molecule has 14 heavy (non-hydrogen) atoms. The van der Waals surface area contributed by atoms with Gasteiger partial charge < -0.3 is 5.32 Å². The van der Waals surface area contributed by atoms with Gasteiger partial charge in [0.1, 0.15) is 0 Å². The average Bonchev–Trinajstić information content (AvgIpc) is 3.03. The van der Waals surface area contributed by atoms with E-state index in [1.807, 2.05) is 0 Å². The molecule has 2 heteroatoms. The first kappa shape index (κ1) is 10.8. The maximum Gasteiger partial charge on any atom is 0.0198 e. The minimum atomic E-state index is 0.817. The van der Waals surface area contributed by atoms with Crippen LogP contribution in [-0.2, 0) is 0 Å². The molecule has 1 nitrogen and oxygen atoms in total. The number of nitrogens with one attached hydrogen (secondary N) is 1. The van der Waals surface area contributed by atoms with Crippen molar-refractivity contribution in [2.24, 2.45) is 5.92 Å². The molecule has 0 aromatic heterocycles. The fraction of sp³-hybridized carbons (Fsp3) is 1.00. The molecule has 2 unspecified atom stereocenters. The highest BCUT2D eigenvalue weighted by atomic mass is 32.2. The molecule has 2 fully saturated rings. The zero-order chi connectivity index (χ0) is 9.80. The molecular weight excluding hydrogens is 190 g/mol. The van der Waals surface area contributed by atoms with Crippen molar-refractivity contribution in [3.05, 3.63) is 0 Å². The third kappa shape index (κ3) is 3.16. The van der Waals surface area contributed by atoms with Crippen molar-refractivity contribution < 1.29 is 0 Å². The molecule has 0 spiro atoms. The van der Waals surface area contributed by atoms with Crippen molar-refractivity contribution in [1.82, 2.24) is 5.32 Å². The lowest BCUT2D eigenvalue weighted by Crippen LogP contribution is -2.40. The molecule has 2 saturated carbocycles. The van der Waals surface area contributed by atoms with E-state index >= 15 is 0 Å². The van der Waals surface area contributed by atoms with Crippen LogP contribution < -0.4 is 5.32 Å². The molecule has 0 amide bonds. The summed E-state index contributed by atoms with van der Waals surface area (Å²) in [5.74, 6) is 1.08. The van der Waals surface area contributed by atoms with Crippen LogP contribution in [-0.4, -0.2) is 24.1 Å². The van der Waals surface area contributed by atoms with Crippen molar-refractivity contribution in [3.63, 3.8) is 0 Å². The van der Waals surface area contributed by atoms with Crippen LogP contribution in [0.3, 0.4) is 0 Å². The number of hydrogen-bond donors (Lipinski definition) is 1. The van der Waals surface area contributed by atoms with Crippen LogP contribution in [0.5, 0.6) is 0 Å². The molecule has 0 heterocycles. The van der Waals surface area contributed by atoms with E-state index in [1.54, 1.807) is 0 Å². The average molecular weight is 213 g/mol. The van der Waals surface area contributed by atoms with Gasteiger partial charge in [-0.1, -0.05) is 25.7 Å². The van der Waals surface area contributed by atoms with Crippen LogP contribution in [0.15, 0.2) is 0 Å². The molecule has 2 atom stereocenters. The van der Waals surface area contributed by atoms with Gasteiger partial charge in [0.25, 0.3) is 0 Å². The Balaban J connectivity index is 1.64. The van der Waals surface area contributed by atoms with Gasteiger partial charge >= 0.3 is 0 Å². The molecule has 2 aliphatic carbocycles. The Morgan fingerprint density at radius 1 is 1.14 bits per heavy atom. The predicted octanol–water partition coefficient (Wildman–Crippen LogP) is 3.05. The van der Waals surface area contributed by atoms with E-state index < -0.39 is 0 Å². The standard InChI is InChI=1S/C12H23NS/c1-14-12-5-3-2-4-11(12)13-9-8-10-6-7-10/h10-13H,2-9H2,1H3. The predicted molar refractivity (Wildman–Crippen MR) is 64.9 cm³/mol. The summed E-state index contributed by atoms with van der Waals surface area (Å²) in [5, 5.41) is 4.66. The van der Waals surface area contributed by atoms with Gasteiger partial charge in [-0.25, -0.2) is 0 Å². The Labute approximate surface area is 92.4 Å². The Bertz CT molecular complexity index is 168. The lowest BCUT2D eigenvalue weighted by atomic mass is 9.95. The SMILES string of the molecule is CSC1CCCCC1NCCC1CC1. The highest BCUT2D eigenvalue weighted by Crippen LogP contribution is 2.32. The highest BCUT2D eigenvalue weighted by molar-refractivity contribution is 7.99. The summed E-state index contributed by atoms with van der Waals surface area (Å²) >= 11 is 2.07. The van der Waals surface area contributed by atoms with Gasteiger partial charge in [-0.2, -0.15) is 11.8 Å². The fourth-order valence-electron chi connectivity index (χ4n) is 2.49. The van der Waals surface area contributed by atoms with Crippen LogP contribution >= 0.6 is 11.8 Å². The van der Waals surface area contributed by atoms with Gasteiger partial charge in [0.2, 0.25) is 0 Å². The summed E-state index contributed by atoms with van der Waals surface area (Å²) in [5.41, 5.74) is 0. The molecule has 1 N–H and O–H groups in total. The molecule has 0 radical (unpaired) electrons. The minimum absolute atomic E-state index is 0.817. The lowest BCUT2D eigenvalue weighted by Gasteiger charge is -2.31. The first-order valence-corrected chi connectivity index (χ1v) is 7.45. The highest BCUT2D eigenvalue weighted by Gasteiger charge is 2.25. The number of hydrogen-bond acceptors (Lipinski definition) is 2. The summed E-state index contributed by atoms with van der Waals surface area (Å²) in [6.07, 6.45) is 12.4. The lowest BCUT2D eigenvalue weighted by molar-refractivity contribution is 0.380. The first-order valence-electron chi connectivity index (χ1n) is 6.16. The van der Waals surface area contributed by atoms with Gasteiger partial charge in [-0.15, -0.1) is 0 Å². The second-order valence-corrected chi connectivity index (χ2v) is 5.93. The van der Waals surface area contributed by atoms with E-state index in [2.05, 4.69) is 23.3 Å². The van der Waals surface area contributed by atoms with Gasteiger partial charge in [-0.05, 0) is 38.0 Å². The van der Waals surface area contributed by atoms with E-state index in [-0.39, 0.29) is 0 Å². The Morgan fingerprint density at radius 3 is 2.64 bits per heavy atom. The fourth-order valence-corrected chi connectivity index (χ4v) is 3.46. The van der Waals surface area contributed by atoms with Crippen molar-refractivity contribution in [2.75, 3.05) is 12.8 Å². The van der Waals surface area contributed by atoms with E-state index in [9.17, 15) is 0 Å². The Kier molecular flexibility index (Phi) is 4.18. The zero-order valence-electron chi connectivity index (χ0n) is 9.30. The van der Waals surface area contributed by atoms with Crippen molar-refractivity contribution in [3.8, 4) is 0 Å². The topological polar surface area (TPSA) is 12.0 Å². The summed E-state index contributed by atoms with van der Waals surface area (Å²) in [6.45, 7) is 1.27. The van der Waals surface area contributed by atoms with Gasteiger partial charge in [0.05, 0.1) is 0 Å². The van der Waals surface area contributed by atoms with E-state index in [0.717, 1.165) is 17.2 Å². The summed E-state index contributed by atoms with van der Waals surface area (Å²) in [4.78, 5) is 0. The van der Waals surface area contributed by atoms with Crippen molar-refractivity contribution in [1.29, 1.82) is 0 Å². The van der Waals surface area contributed by atoms with Crippen LogP contribution in [0.1, 0.15) is 44.9 Å². The molecule has 2 aliphatic rings. The quantitative estimate of drug-likeness (QED) is 0.753. The Morgan fingerprint density at radius 2 is 1.93 bits per heavy atom. The zero-order valence-corrected chi connectivity index (χ0v) is 10.1. The second-order valence-electron chi connectivity index (χ2n) is 4.85. The molecule has 0 aromatic rings. The summed E-state index contributed by atoms with van der Waals surface area (Å²) in [7, 11) is 0. The molecule has 2 rings (SSSR count). The molecule has 0 bridgehead atoms. The maximum absolute atomic E-state index is 3.77. The first-order chi connectivity index (χ1) is 6.90. The van der Waals surface area contributed by atoms with Crippen LogP contribution in [0, 0.1) is 5.92 Å². The third-order valence-corrected chi connectivity index (χ3v) is 4.83. The summed E-state index contributed by atoms with van der Waals surface area (Å²) < 4.78 is 0. The van der Waals surface area contributed by atoms with E-state index in [4.69, 9.17) is 0 Å². The second kappa shape index (κ2) is 5.41. The molecule has 0 aromatic carbocycles. The normalized spacial score (nSPS) is 33.2. The van der Waals surface area contributed by atoms with Crippen molar-refractivity contribution in [2.45, 2.75) is 56.2 Å². The molecule has 82 valence electrons. The summed E-state index contributed by atoms with van der Waals surface area (Å²) in [6, 6.07) is 0.817. The smallest absolute Gasteiger partial charge is 0.0198 e. The maximum atomic E-state index is 3.77. The molecule has 0 saturated heterocycles.